The Hall–Kier alpha value is 0. The van der Waals surface area contributed by atoms with E-state index in [0.29, 0.717) is 5.41 Å². The van der Waals surface area contributed by atoms with Crippen LogP contribution in [0, 0.1) is 52.3 Å². The molecule has 22 heavy (non-hydrogen) atoms. The summed E-state index contributed by atoms with van der Waals surface area (Å²) in [5, 5.41) is 0. The van der Waals surface area contributed by atoms with Gasteiger partial charge in [0.05, 0.1) is 0 Å². The predicted octanol–water partition coefficient (Wildman–Crippen LogP) is 6.55. The summed E-state index contributed by atoms with van der Waals surface area (Å²) in [6.45, 7) is 12.7. The molecule has 0 N–H and O–H groups in total. The van der Waals surface area contributed by atoms with Gasteiger partial charge in [0.25, 0.3) is 0 Å². The van der Waals surface area contributed by atoms with Crippen LogP contribution in [0.4, 0.5) is 0 Å². The van der Waals surface area contributed by atoms with Crippen molar-refractivity contribution >= 4 is 0 Å². The molecule has 0 aromatic heterocycles. The first kappa shape index (κ1) is 15.5. The first-order chi connectivity index (χ1) is 10.4. The molecule has 4 saturated carbocycles. The van der Waals surface area contributed by atoms with Crippen LogP contribution in [0.15, 0.2) is 0 Å². The largest absolute Gasteiger partial charge is 0.0651 e. The standard InChI is InChI=1S/C22H38/c1-6-16-10-17(15(16)3)11-20-19-13-21(4,5)12-18(19)9-14(2)22(20)7-8-22/h14-20H,6-13H2,1-5H3. The minimum absolute atomic E-state index is 0.630. The number of hydrogen-bond acceptors (Lipinski definition) is 0. The number of fused-ring (bicyclic) bond motifs is 1. The van der Waals surface area contributed by atoms with Crippen molar-refractivity contribution < 1.29 is 0 Å². The molecule has 4 aliphatic rings. The molecule has 0 heterocycles. The second-order valence-corrected chi connectivity index (χ2v) is 10.7. The van der Waals surface area contributed by atoms with Gasteiger partial charge in [-0.2, -0.15) is 0 Å². The Morgan fingerprint density at radius 3 is 2.27 bits per heavy atom. The van der Waals surface area contributed by atoms with E-state index in [1.165, 1.54) is 19.3 Å². The Morgan fingerprint density at radius 2 is 1.68 bits per heavy atom. The average molecular weight is 303 g/mol. The summed E-state index contributed by atoms with van der Waals surface area (Å²) in [5.41, 5.74) is 1.43. The van der Waals surface area contributed by atoms with Gasteiger partial charge in [0.15, 0.2) is 0 Å². The van der Waals surface area contributed by atoms with Crippen LogP contribution in [-0.2, 0) is 0 Å². The smallest absolute Gasteiger partial charge is 0.0240 e. The molecule has 0 aliphatic heterocycles. The van der Waals surface area contributed by atoms with E-state index in [4.69, 9.17) is 0 Å². The van der Waals surface area contributed by atoms with E-state index in [1.54, 1.807) is 32.1 Å². The van der Waals surface area contributed by atoms with Crippen LogP contribution in [-0.4, -0.2) is 0 Å². The lowest BCUT2D eigenvalue weighted by atomic mass is 9.54. The van der Waals surface area contributed by atoms with Crippen molar-refractivity contribution in [2.45, 2.75) is 86.0 Å². The normalized spacial score (nSPS) is 51.4. The lowest BCUT2D eigenvalue weighted by molar-refractivity contribution is -0.0167. The van der Waals surface area contributed by atoms with E-state index >= 15 is 0 Å². The van der Waals surface area contributed by atoms with Gasteiger partial charge in [-0.25, -0.2) is 0 Å². The van der Waals surface area contributed by atoms with Crippen molar-refractivity contribution in [2.24, 2.45) is 52.3 Å². The van der Waals surface area contributed by atoms with Crippen LogP contribution in [0.1, 0.15) is 86.0 Å². The minimum Gasteiger partial charge on any atom is -0.0651 e. The highest BCUT2D eigenvalue weighted by Gasteiger charge is 2.62. The van der Waals surface area contributed by atoms with Crippen molar-refractivity contribution in [3.05, 3.63) is 0 Å². The summed E-state index contributed by atoms with van der Waals surface area (Å²) < 4.78 is 0. The molecule has 0 heteroatoms. The van der Waals surface area contributed by atoms with Gasteiger partial charge in [-0.05, 0) is 97.2 Å². The van der Waals surface area contributed by atoms with Crippen molar-refractivity contribution in [3.8, 4) is 0 Å². The third-order valence-electron chi connectivity index (χ3n) is 9.10. The Morgan fingerprint density at radius 1 is 0.955 bits per heavy atom. The van der Waals surface area contributed by atoms with Gasteiger partial charge in [-0.15, -0.1) is 0 Å². The summed E-state index contributed by atoms with van der Waals surface area (Å²) in [4.78, 5) is 0. The fourth-order valence-corrected chi connectivity index (χ4v) is 7.56. The SMILES string of the molecule is CCC1CC(CC2C3CC(C)(C)CC3CC(C)C23CC3)C1C. The summed E-state index contributed by atoms with van der Waals surface area (Å²) in [7, 11) is 0. The second-order valence-electron chi connectivity index (χ2n) is 10.7. The maximum atomic E-state index is 2.61. The van der Waals surface area contributed by atoms with Crippen LogP contribution in [0.2, 0.25) is 0 Å². The summed E-state index contributed by atoms with van der Waals surface area (Å²) in [6.07, 6.45) is 12.3. The Labute approximate surface area is 138 Å². The molecule has 0 nitrogen and oxygen atoms in total. The molecule has 0 aromatic carbocycles. The summed E-state index contributed by atoms with van der Waals surface area (Å²) in [5.74, 6) is 7.41. The van der Waals surface area contributed by atoms with Crippen LogP contribution in [0.5, 0.6) is 0 Å². The summed E-state index contributed by atoms with van der Waals surface area (Å²) >= 11 is 0. The van der Waals surface area contributed by atoms with Gasteiger partial charge >= 0.3 is 0 Å². The van der Waals surface area contributed by atoms with E-state index in [0.717, 1.165) is 46.8 Å². The maximum absolute atomic E-state index is 2.61. The lowest BCUT2D eigenvalue weighted by Crippen LogP contribution is -2.43. The predicted molar refractivity (Wildman–Crippen MR) is 94.6 cm³/mol. The highest BCUT2D eigenvalue weighted by atomic mass is 14.7. The van der Waals surface area contributed by atoms with E-state index in [2.05, 4.69) is 34.6 Å². The maximum Gasteiger partial charge on any atom is -0.0240 e. The monoisotopic (exact) mass is 302 g/mol. The van der Waals surface area contributed by atoms with E-state index in [9.17, 15) is 0 Å². The molecular weight excluding hydrogens is 264 g/mol. The zero-order valence-electron chi connectivity index (χ0n) is 15.7. The Kier molecular flexibility index (Phi) is 3.53. The van der Waals surface area contributed by atoms with Crippen LogP contribution >= 0.6 is 0 Å². The van der Waals surface area contributed by atoms with Gasteiger partial charge in [-0.3, -0.25) is 0 Å². The highest BCUT2D eigenvalue weighted by molar-refractivity contribution is 5.11. The molecule has 126 valence electrons. The molecule has 0 radical (unpaired) electrons. The van der Waals surface area contributed by atoms with Gasteiger partial charge in [0, 0.05) is 0 Å². The second kappa shape index (κ2) is 5.00. The van der Waals surface area contributed by atoms with Crippen LogP contribution in [0.25, 0.3) is 0 Å². The summed E-state index contributed by atoms with van der Waals surface area (Å²) in [6, 6.07) is 0. The molecule has 0 saturated heterocycles. The van der Waals surface area contributed by atoms with E-state index in [1.807, 2.05) is 0 Å². The average Bonchev–Trinajstić information content (AvgIpc) is 3.17. The molecule has 4 fully saturated rings. The lowest BCUT2D eigenvalue weighted by Gasteiger charge is -2.51. The fraction of sp³-hybridized carbons (Fsp3) is 1.00. The number of rotatable bonds is 3. The molecular formula is C22H38. The molecule has 0 bridgehead atoms. The van der Waals surface area contributed by atoms with Crippen molar-refractivity contribution in [2.75, 3.05) is 0 Å². The molecule has 0 aromatic rings. The highest BCUT2D eigenvalue weighted by Crippen LogP contribution is 2.71. The van der Waals surface area contributed by atoms with E-state index in [-0.39, 0.29) is 0 Å². The van der Waals surface area contributed by atoms with Crippen molar-refractivity contribution in [1.29, 1.82) is 0 Å². The van der Waals surface area contributed by atoms with E-state index < -0.39 is 0 Å². The minimum atomic E-state index is 0.630. The third kappa shape index (κ3) is 2.22. The Balaban J connectivity index is 1.53. The van der Waals surface area contributed by atoms with Crippen molar-refractivity contribution in [1.82, 2.24) is 0 Å². The van der Waals surface area contributed by atoms with Gasteiger partial charge in [-0.1, -0.05) is 41.0 Å². The fourth-order valence-electron chi connectivity index (χ4n) is 7.56. The quantitative estimate of drug-likeness (QED) is 0.554. The first-order valence-corrected chi connectivity index (χ1v) is 10.4. The molecule has 0 amide bonds. The zero-order valence-corrected chi connectivity index (χ0v) is 15.7. The molecule has 4 rings (SSSR count). The third-order valence-corrected chi connectivity index (χ3v) is 9.10. The Bertz CT molecular complexity index is 429. The molecule has 1 spiro atoms. The van der Waals surface area contributed by atoms with Gasteiger partial charge in [0.2, 0.25) is 0 Å². The molecule has 7 atom stereocenters. The van der Waals surface area contributed by atoms with Crippen LogP contribution in [0.3, 0.4) is 0 Å². The van der Waals surface area contributed by atoms with Gasteiger partial charge < -0.3 is 0 Å². The molecule has 4 aliphatic carbocycles. The topological polar surface area (TPSA) is 0 Å². The zero-order chi connectivity index (χ0) is 15.7. The van der Waals surface area contributed by atoms with Crippen LogP contribution < -0.4 is 0 Å². The van der Waals surface area contributed by atoms with Gasteiger partial charge in [0.1, 0.15) is 0 Å². The number of hydrogen-bond donors (Lipinski definition) is 0. The molecule has 7 unspecified atom stereocenters. The first-order valence-electron chi connectivity index (χ1n) is 10.4. The van der Waals surface area contributed by atoms with Crippen molar-refractivity contribution in [3.63, 3.8) is 0 Å².